The molecule has 3 aromatic rings. The Hall–Kier alpha value is -2.47. The van der Waals surface area contributed by atoms with Crippen molar-refractivity contribution < 1.29 is 9.32 Å². The highest BCUT2D eigenvalue weighted by molar-refractivity contribution is 7.16. The van der Waals surface area contributed by atoms with Gasteiger partial charge in [-0.25, -0.2) is 4.98 Å². The molecule has 1 aliphatic rings. The van der Waals surface area contributed by atoms with Crippen molar-refractivity contribution in [3.05, 3.63) is 52.2 Å². The normalized spacial score (nSPS) is 12.6. The molecule has 2 heterocycles. The number of aryl methyl sites for hydroxylation is 3. The molecule has 0 unspecified atom stereocenters. The number of rotatable bonds is 2. The topological polar surface area (TPSA) is 68.0 Å². The molecule has 0 saturated carbocycles. The lowest BCUT2D eigenvalue weighted by Crippen LogP contribution is -2.10. The first kappa shape index (κ1) is 13.2. The van der Waals surface area contributed by atoms with Gasteiger partial charge in [0.25, 0.3) is 5.91 Å². The minimum atomic E-state index is -0.319. The van der Waals surface area contributed by atoms with E-state index < -0.39 is 0 Å². The molecule has 1 aliphatic carbocycles. The predicted molar refractivity (Wildman–Crippen MR) is 84.2 cm³/mol. The zero-order valence-electron chi connectivity index (χ0n) is 11.9. The number of nitrogens with zero attached hydrogens (tertiary/aromatic N) is 2. The van der Waals surface area contributed by atoms with Gasteiger partial charge in [0, 0.05) is 16.5 Å². The first-order chi connectivity index (χ1) is 10.7. The number of hydrogen-bond donors (Lipinski definition) is 1. The van der Waals surface area contributed by atoms with Crippen LogP contribution in [0.1, 0.15) is 26.7 Å². The van der Waals surface area contributed by atoms with Gasteiger partial charge in [0.15, 0.2) is 5.13 Å². The van der Waals surface area contributed by atoms with E-state index in [1.165, 1.54) is 21.8 Å². The molecule has 0 radical (unpaired) electrons. The molecule has 2 aromatic heterocycles. The minimum absolute atomic E-state index is 0.200. The summed E-state index contributed by atoms with van der Waals surface area (Å²) < 4.78 is 4.97. The van der Waals surface area contributed by atoms with Gasteiger partial charge in [0.2, 0.25) is 5.76 Å². The highest BCUT2D eigenvalue weighted by Crippen LogP contribution is 2.37. The van der Waals surface area contributed by atoms with Crippen molar-refractivity contribution in [1.82, 2.24) is 10.1 Å². The fourth-order valence-corrected chi connectivity index (χ4v) is 3.60. The van der Waals surface area contributed by atoms with Gasteiger partial charge in [0.05, 0.1) is 11.4 Å². The van der Waals surface area contributed by atoms with Crippen molar-refractivity contribution in [2.45, 2.75) is 19.8 Å². The van der Waals surface area contributed by atoms with Crippen LogP contribution in [-0.4, -0.2) is 16.0 Å². The summed E-state index contributed by atoms with van der Waals surface area (Å²) in [5, 5.41) is 7.11. The molecule has 110 valence electrons. The molecule has 1 N–H and O–H groups in total. The van der Waals surface area contributed by atoms with Crippen molar-refractivity contribution in [2.75, 3.05) is 5.32 Å². The van der Waals surface area contributed by atoms with Crippen LogP contribution in [0, 0.1) is 6.92 Å². The van der Waals surface area contributed by atoms with E-state index in [1.54, 1.807) is 13.0 Å². The molecule has 0 fully saturated rings. The maximum atomic E-state index is 12.1. The fraction of sp³-hybridized carbons (Fsp3) is 0.188. The number of aromatic nitrogens is 2. The third-order valence-electron chi connectivity index (χ3n) is 3.66. The molecule has 6 heteroatoms. The zero-order valence-corrected chi connectivity index (χ0v) is 12.7. The Balaban J connectivity index is 1.64. The largest absolute Gasteiger partial charge is 0.351 e. The maximum absolute atomic E-state index is 12.1. The van der Waals surface area contributed by atoms with E-state index in [2.05, 4.69) is 27.6 Å². The molecule has 0 spiro atoms. The Bertz CT molecular complexity index is 866. The quantitative estimate of drug-likeness (QED) is 0.787. The molecule has 0 bridgehead atoms. The Morgan fingerprint density at radius 3 is 3.00 bits per heavy atom. The molecule has 0 saturated heterocycles. The number of anilines is 1. The van der Waals surface area contributed by atoms with Gasteiger partial charge in [-0.05, 0) is 25.3 Å². The lowest BCUT2D eigenvalue weighted by atomic mass is 9.94. The van der Waals surface area contributed by atoms with Crippen LogP contribution in [0.4, 0.5) is 5.13 Å². The van der Waals surface area contributed by atoms with E-state index in [-0.39, 0.29) is 11.7 Å². The number of amides is 1. The van der Waals surface area contributed by atoms with Crippen LogP contribution in [0.3, 0.4) is 0 Å². The van der Waals surface area contributed by atoms with Crippen LogP contribution in [-0.2, 0) is 12.8 Å². The third-order valence-corrected chi connectivity index (χ3v) is 4.69. The smallest absolute Gasteiger partial charge is 0.296 e. The second-order valence-electron chi connectivity index (χ2n) is 5.23. The average Bonchev–Trinajstić information content (AvgIpc) is 3.13. The van der Waals surface area contributed by atoms with Gasteiger partial charge in [-0.3, -0.25) is 10.1 Å². The van der Waals surface area contributed by atoms with Gasteiger partial charge in [0.1, 0.15) is 0 Å². The lowest BCUT2D eigenvalue weighted by Gasteiger charge is -2.13. The second kappa shape index (κ2) is 5.06. The molecule has 5 nitrogen and oxygen atoms in total. The summed E-state index contributed by atoms with van der Waals surface area (Å²) in [6, 6.07) is 9.89. The number of carbonyl (C=O) groups is 1. The molecule has 1 aromatic carbocycles. The first-order valence-corrected chi connectivity index (χ1v) is 7.85. The van der Waals surface area contributed by atoms with Crippen molar-refractivity contribution in [1.29, 1.82) is 0 Å². The molecular formula is C16H13N3O2S. The Labute approximate surface area is 131 Å². The minimum Gasteiger partial charge on any atom is -0.351 e. The highest BCUT2D eigenvalue weighted by Gasteiger charge is 2.22. The van der Waals surface area contributed by atoms with Gasteiger partial charge in [-0.1, -0.05) is 29.4 Å². The van der Waals surface area contributed by atoms with E-state index in [0.29, 0.717) is 10.8 Å². The summed E-state index contributed by atoms with van der Waals surface area (Å²) in [4.78, 5) is 17.9. The molecule has 22 heavy (non-hydrogen) atoms. The van der Waals surface area contributed by atoms with Crippen molar-refractivity contribution in [3.63, 3.8) is 0 Å². The summed E-state index contributed by atoms with van der Waals surface area (Å²) in [6.07, 6.45) is 1.97. The zero-order chi connectivity index (χ0) is 15.1. The second-order valence-corrected chi connectivity index (χ2v) is 6.32. The summed E-state index contributed by atoms with van der Waals surface area (Å²) in [5.41, 5.74) is 4.13. The molecular weight excluding hydrogens is 298 g/mol. The Morgan fingerprint density at radius 2 is 2.18 bits per heavy atom. The standard InChI is InChI=1S/C16H13N3O2S/c1-9-8-12(21-19-9)15(20)18-16-17-14-11-5-3-2-4-10(11)6-7-13(14)22-16/h2-5,8H,6-7H2,1H3,(H,17,18,20). The molecule has 0 atom stereocenters. The average molecular weight is 311 g/mol. The first-order valence-electron chi connectivity index (χ1n) is 7.03. The highest BCUT2D eigenvalue weighted by atomic mass is 32.1. The van der Waals surface area contributed by atoms with Crippen molar-refractivity contribution in [2.24, 2.45) is 0 Å². The van der Waals surface area contributed by atoms with Crippen LogP contribution in [0.25, 0.3) is 11.3 Å². The Morgan fingerprint density at radius 1 is 1.32 bits per heavy atom. The van der Waals surface area contributed by atoms with E-state index >= 15 is 0 Å². The maximum Gasteiger partial charge on any atom is 0.296 e. The summed E-state index contributed by atoms with van der Waals surface area (Å²) in [5.74, 6) is -0.119. The number of carbonyl (C=O) groups excluding carboxylic acids is 1. The Kier molecular flexibility index (Phi) is 3.04. The summed E-state index contributed by atoms with van der Waals surface area (Å²) in [7, 11) is 0. The number of hydrogen-bond acceptors (Lipinski definition) is 5. The number of thiazole rings is 1. The van der Waals surface area contributed by atoms with Crippen molar-refractivity contribution in [3.8, 4) is 11.3 Å². The summed E-state index contributed by atoms with van der Waals surface area (Å²) in [6.45, 7) is 1.78. The van der Waals surface area contributed by atoms with Gasteiger partial charge in [-0.15, -0.1) is 11.3 Å². The van der Waals surface area contributed by atoms with Crippen LogP contribution in [0.15, 0.2) is 34.9 Å². The van der Waals surface area contributed by atoms with Crippen LogP contribution in [0.5, 0.6) is 0 Å². The van der Waals surface area contributed by atoms with E-state index in [9.17, 15) is 4.79 Å². The number of nitrogens with one attached hydrogen (secondary N) is 1. The van der Waals surface area contributed by atoms with E-state index in [4.69, 9.17) is 4.52 Å². The predicted octanol–water partition coefficient (Wildman–Crippen LogP) is 3.46. The molecule has 1 amide bonds. The van der Waals surface area contributed by atoms with Crippen LogP contribution < -0.4 is 5.32 Å². The third kappa shape index (κ3) is 2.21. The fourth-order valence-electron chi connectivity index (χ4n) is 2.63. The van der Waals surface area contributed by atoms with E-state index in [1.807, 2.05) is 12.1 Å². The van der Waals surface area contributed by atoms with Gasteiger partial charge < -0.3 is 4.52 Å². The van der Waals surface area contributed by atoms with Gasteiger partial charge >= 0.3 is 0 Å². The van der Waals surface area contributed by atoms with Crippen LogP contribution >= 0.6 is 11.3 Å². The van der Waals surface area contributed by atoms with Gasteiger partial charge in [-0.2, -0.15) is 0 Å². The monoisotopic (exact) mass is 311 g/mol. The molecule has 0 aliphatic heterocycles. The van der Waals surface area contributed by atoms with Crippen molar-refractivity contribution >= 4 is 22.4 Å². The molecule has 4 rings (SSSR count). The SMILES string of the molecule is Cc1cc(C(=O)Nc2nc3c(s2)CCc2ccccc2-3)on1. The van der Waals surface area contributed by atoms with Crippen LogP contribution in [0.2, 0.25) is 0 Å². The number of fused-ring (bicyclic) bond motifs is 3. The lowest BCUT2D eigenvalue weighted by molar-refractivity contribution is 0.0988. The summed E-state index contributed by atoms with van der Waals surface area (Å²) >= 11 is 1.52. The number of benzene rings is 1. The van der Waals surface area contributed by atoms with E-state index in [0.717, 1.165) is 24.1 Å².